The van der Waals surface area contributed by atoms with Gasteiger partial charge in [-0.1, -0.05) is 51.0 Å². The Hall–Kier alpha value is -4.94. The minimum absolute atomic E-state index is 0.0660. The van der Waals surface area contributed by atoms with E-state index in [9.17, 15) is 29.1 Å². The number of nitrogens with one attached hydrogen (secondary N) is 3. The minimum atomic E-state index is -1.14. The quantitative estimate of drug-likeness (QED) is 0.0365. The number of hydrogen-bond donors (Lipinski definition) is 5. The number of terminal acetylenes is 1. The fourth-order valence-electron chi connectivity index (χ4n) is 7.37. The summed E-state index contributed by atoms with van der Waals surface area (Å²) in [5.74, 6) is 0.511. The Labute approximate surface area is 360 Å². The summed E-state index contributed by atoms with van der Waals surface area (Å²) < 4.78 is 5.98. The highest BCUT2D eigenvalue weighted by molar-refractivity contribution is 7.09. The first kappa shape index (κ1) is 49.4. The molecule has 2 aromatic rings. The number of likely N-dealkylation sites (tertiary alicyclic amines) is 1. The van der Waals surface area contributed by atoms with Crippen molar-refractivity contribution in [3.8, 4) is 12.3 Å². The molecule has 0 unspecified atom stereocenters. The molecule has 1 aliphatic heterocycles. The zero-order chi connectivity index (χ0) is 44.6. The summed E-state index contributed by atoms with van der Waals surface area (Å²) in [7, 11) is 1.93. The standard InChI is InChI=1S/C45H67N7O7S/c1-10-13-14-16-24-52(42(55)38(30(6)11-2)50-40(54)35-18-15-17-23-51(35)9)36(29(4)5)26-37(59-44(58)47-12-3)41-49-34(28-60-41)39(53)48-33(27-45(7,8)43(56)57)25-31-19-21-32(46)22-20-31/h1,19-22,28,30,33,35-38H,4,11-18,23-27,46H2,2-3,5-9H3,(H,47,58)(H,48,53)(H,50,54)(H,56,57)/t30-,33-,35+,36+,37+,38-/m0/s1. The van der Waals surface area contributed by atoms with E-state index >= 15 is 0 Å². The van der Waals surface area contributed by atoms with Gasteiger partial charge in [-0.15, -0.1) is 23.7 Å². The molecular weight excluding hydrogens is 783 g/mol. The molecule has 1 aliphatic rings. The molecule has 15 heteroatoms. The summed E-state index contributed by atoms with van der Waals surface area (Å²) >= 11 is 1.13. The van der Waals surface area contributed by atoms with E-state index < -0.39 is 47.6 Å². The second-order valence-corrected chi connectivity index (χ2v) is 17.5. The number of thiazole rings is 1. The van der Waals surface area contributed by atoms with E-state index in [4.69, 9.17) is 16.9 Å². The van der Waals surface area contributed by atoms with E-state index in [2.05, 4.69) is 33.4 Å². The van der Waals surface area contributed by atoms with E-state index in [1.807, 2.05) is 44.9 Å². The van der Waals surface area contributed by atoms with Gasteiger partial charge in [0.15, 0.2) is 6.10 Å². The number of carbonyl (C=O) groups is 5. The van der Waals surface area contributed by atoms with Gasteiger partial charge in [0, 0.05) is 43.0 Å². The summed E-state index contributed by atoms with van der Waals surface area (Å²) in [4.78, 5) is 76.0. The summed E-state index contributed by atoms with van der Waals surface area (Å²) in [5, 5.41) is 20.6. The molecule has 4 amide bonds. The Kier molecular flexibility index (Phi) is 19.6. The number of amides is 4. The Morgan fingerprint density at radius 1 is 1.15 bits per heavy atom. The average Bonchev–Trinajstić information content (AvgIpc) is 3.70. The molecule has 60 heavy (non-hydrogen) atoms. The van der Waals surface area contributed by atoms with Gasteiger partial charge in [0.25, 0.3) is 5.91 Å². The van der Waals surface area contributed by atoms with Crippen LogP contribution in [-0.4, -0.2) is 101 Å². The van der Waals surface area contributed by atoms with E-state index in [1.54, 1.807) is 43.2 Å². The molecule has 330 valence electrons. The van der Waals surface area contributed by atoms with Gasteiger partial charge in [-0.2, -0.15) is 0 Å². The lowest BCUT2D eigenvalue weighted by Gasteiger charge is -2.39. The number of hydrogen-bond acceptors (Lipinski definition) is 10. The first-order valence-corrected chi connectivity index (χ1v) is 22.0. The van der Waals surface area contributed by atoms with Crippen LogP contribution in [0.5, 0.6) is 0 Å². The monoisotopic (exact) mass is 849 g/mol. The Morgan fingerprint density at radius 2 is 1.85 bits per heavy atom. The van der Waals surface area contributed by atoms with Crippen molar-refractivity contribution in [2.75, 3.05) is 32.4 Å². The third kappa shape index (κ3) is 14.7. The number of nitrogens with two attached hydrogens (primary N) is 1. The molecule has 6 atom stereocenters. The lowest BCUT2D eigenvalue weighted by molar-refractivity contribution is -0.147. The number of ether oxygens (including phenoxy) is 1. The van der Waals surface area contributed by atoms with Crippen molar-refractivity contribution in [1.29, 1.82) is 0 Å². The van der Waals surface area contributed by atoms with Crippen LogP contribution < -0.4 is 21.7 Å². The lowest BCUT2D eigenvalue weighted by atomic mass is 9.84. The van der Waals surface area contributed by atoms with Gasteiger partial charge in [-0.05, 0) is 103 Å². The van der Waals surface area contributed by atoms with Gasteiger partial charge < -0.3 is 36.4 Å². The first-order chi connectivity index (χ1) is 28.4. The lowest BCUT2D eigenvalue weighted by Crippen LogP contribution is -2.58. The van der Waals surface area contributed by atoms with Crippen LogP contribution in [0.1, 0.15) is 126 Å². The predicted molar refractivity (Wildman–Crippen MR) is 236 cm³/mol. The van der Waals surface area contributed by atoms with E-state index in [0.29, 0.717) is 67.9 Å². The number of carboxylic acids is 1. The van der Waals surface area contributed by atoms with Gasteiger partial charge in [0.05, 0.1) is 17.5 Å². The minimum Gasteiger partial charge on any atom is -0.481 e. The van der Waals surface area contributed by atoms with Crippen LogP contribution in [0.4, 0.5) is 10.5 Å². The topological polar surface area (TPSA) is 196 Å². The molecule has 0 saturated carbocycles. The number of aromatic nitrogens is 1. The van der Waals surface area contributed by atoms with Crippen molar-refractivity contribution >= 4 is 46.8 Å². The van der Waals surface area contributed by atoms with Crippen LogP contribution in [0.15, 0.2) is 41.8 Å². The number of likely N-dealkylation sites (N-methyl/N-ethyl adjacent to an activating group) is 1. The highest BCUT2D eigenvalue weighted by Crippen LogP contribution is 2.32. The van der Waals surface area contributed by atoms with Crippen molar-refractivity contribution in [2.24, 2.45) is 11.3 Å². The van der Waals surface area contributed by atoms with Crippen molar-refractivity contribution in [1.82, 2.24) is 30.7 Å². The van der Waals surface area contributed by atoms with Crippen molar-refractivity contribution < 1.29 is 33.8 Å². The zero-order valence-electron chi connectivity index (χ0n) is 36.6. The maximum absolute atomic E-state index is 14.9. The second kappa shape index (κ2) is 23.7. The second-order valence-electron chi connectivity index (χ2n) is 16.7. The van der Waals surface area contributed by atoms with Gasteiger partial charge >= 0.3 is 12.1 Å². The molecule has 1 aromatic heterocycles. The number of carboxylic acid groups (broad SMARTS) is 1. The molecule has 0 radical (unpaired) electrons. The van der Waals surface area contributed by atoms with Crippen LogP contribution >= 0.6 is 11.3 Å². The molecule has 14 nitrogen and oxygen atoms in total. The number of carbonyl (C=O) groups excluding carboxylic acids is 4. The fraction of sp³-hybridized carbons (Fsp3) is 0.600. The van der Waals surface area contributed by atoms with Crippen molar-refractivity contribution in [2.45, 2.75) is 136 Å². The van der Waals surface area contributed by atoms with Crippen LogP contribution in [0.2, 0.25) is 0 Å². The Morgan fingerprint density at radius 3 is 2.45 bits per heavy atom. The number of aliphatic carboxylic acids is 1. The normalized spacial score (nSPS) is 16.9. The number of nitrogens with zero attached hydrogens (tertiary/aromatic N) is 3. The fourth-order valence-corrected chi connectivity index (χ4v) is 8.21. The first-order valence-electron chi connectivity index (χ1n) is 21.1. The van der Waals surface area contributed by atoms with Crippen LogP contribution in [0, 0.1) is 23.7 Å². The number of benzene rings is 1. The molecule has 0 spiro atoms. The Balaban J connectivity index is 1.99. The summed E-state index contributed by atoms with van der Waals surface area (Å²) in [6.07, 6.45) is 9.52. The molecule has 3 rings (SSSR count). The number of piperidine rings is 1. The van der Waals surface area contributed by atoms with Gasteiger partial charge in [-0.3, -0.25) is 24.1 Å². The van der Waals surface area contributed by atoms with Gasteiger partial charge in [0.2, 0.25) is 11.8 Å². The largest absolute Gasteiger partial charge is 0.481 e. The van der Waals surface area contributed by atoms with Crippen LogP contribution in [0.3, 0.4) is 0 Å². The molecule has 1 aromatic carbocycles. The smallest absolute Gasteiger partial charge is 0.407 e. The average molecular weight is 850 g/mol. The molecular formula is C45H67N7O7S. The maximum atomic E-state index is 14.9. The number of rotatable bonds is 23. The number of alkyl carbamates (subject to hydrolysis) is 1. The maximum Gasteiger partial charge on any atom is 0.407 e. The molecule has 1 fully saturated rings. The van der Waals surface area contributed by atoms with Crippen LogP contribution in [-0.2, 0) is 25.5 Å². The number of unbranched alkanes of at least 4 members (excludes halogenated alkanes) is 2. The molecule has 1 saturated heterocycles. The van der Waals surface area contributed by atoms with E-state index in [0.717, 1.165) is 36.3 Å². The SMILES string of the molecule is C#CCCCCN(C(=O)[C@@H](NC(=O)[C@H]1CCCCN1C)[C@@H](C)CC)[C@H](C[C@@H](OC(=O)NCC)c1nc(C(=O)N[C@@H](Cc2ccc(N)cc2)CC(C)(C)C(=O)O)cs1)C(=C)C. The van der Waals surface area contributed by atoms with Gasteiger partial charge in [-0.25, -0.2) is 9.78 Å². The summed E-state index contributed by atoms with van der Waals surface area (Å²) in [5.41, 5.74) is 6.88. The number of anilines is 1. The van der Waals surface area contributed by atoms with E-state index in [-0.39, 0.29) is 42.3 Å². The van der Waals surface area contributed by atoms with Crippen molar-refractivity contribution in [3.05, 3.63) is 58.1 Å². The predicted octanol–water partition coefficient (Wildman–Crippen LogP) is 6.34. The van der Waals surface area contributed by atoms with Gasteiger partial charge in [0.1, 0.15) is 16.7 Å². The molecule has 6 N–H and O–H groups in total. The van der Waals surface area contributed by atoms with Crippen molar-refractivity contribution in [3.63, 3.8) is 0 Å². The van der Waals surface area contributed by atoms with E-state index in [1.165, 1.54) is 0 Å². The number of nitrogen functional groups attached to an aromatic ring is 1. The zero-order valence-corrected chi connectivity index (χ0v) is 37.4. The summed E-state index contributed by atoms with van der Waals surface area (Å²) in [6, 6.07) is 4.79. The third-order valence-corrected chi connectivity index (χ3v) is 12.2. The summed E-state index contributed by atoms with van der Waals surface area (Å²) in [6.45, 7) is 16.4. The third-order valence-electron chi connectivity index (χ3n) is 11.2. The molecule has 0 aliphatic carbocycles. The van der Waals surface area contributed by atoms with Crippen LogP contribution in [0.25, 0.3) is 0 Å². The molecule has 0 bridgehead atoms. The highest BCUT2D eigenvalue weighted by atomic mass is 32.1. The molecule has 2 heterocycles. The Bertz CT molecular complexity index is 1810. The highest BCUT2D eigenvalue weighted by Gasteiger charge is 2.38.